The molecule has 2 fully saturated rings. The van der Waals surface area contributed by atoms with Crippen LogP contribution in [0.15, 0.2) is 12.4 Å². The Morgan fingerprint density at radius 2 is 2.00 bits per heavy atom. The first-order chi connectivity index (χ1) is 9.18. The smallest absolute Gasteiger partial charge is 0.217 e. The third kappa shape index (κ3) is 2.56. The molecule has 0 amide bonds. The van der Waals surface area contributed by atoms with Crippen molar-refractivity contribution in [2.75, 3.05) is 13.1 Å². The van der Waals surface area contributed by atoms with E-state index in [9.17, 15) is 8.42 Å². The van der Waals surface area contributed by atoms with Crippen molar-refractivity contribution >= 4 is 10.0 Å². The fourth-order valence-electron chi connectivity index (χ4n) is 3.26. The van der Waals surface area contributed by atoms with Gasteiger partial charge in [0.2, 0.25) is 10.0 Å². The molecule has 0 radical (unpaired) electrons. The molecule has 2 aliphatic rings. The molecule has 1 aromatic heterocycles. The second-order valence-electron chi connectivity index (χ2n) is 5.62. The van der Waals surface area contributed by atoms with Crippen LogP contribution in [0.1, 0.15) is 50.3 Å². The van der Waals surface area contributed by atoms with Crippen molar-refractivity contribution in [2.24, 2.45) is 0 Å². The van der Waals surface area contributed by atoms with E-state index in [4.69, 9.17) is 0 Å². The number of sulfonamides is 1. The Morgan fingerprint density at radius 1 is 1.21 bits per heavy atom. The highest BCUT2D eigenvalue weighted by molar-refractivity contribution is 7.89. The molecule has 1 aliphatic carbocycles. The second-order valence-corrected chi connectivity index (χ2v) is 7.84. The molecule has 19 heavy (non-hydrogen) atoms. The van der Waals surface area contributed by atoms with Gasteiger partial charge in [0.15, 0.2) is 0 Å². The fourth-order valence-corrected chi connectivity index (χ4v) is 5.36. The van der Waals surface area contributed by atoms with Crippen molar-refractivity contribution in [2.45, 2.75) is 49.7 Å². The Kier molecular flexibility index (Phi) is 3.62. The van der Waals surface area contributed by atoms with Gasteiger partial charge in [-0.15, -0.1) is 0 Å². The molecule has 1 aromatic rings. The molecule has 0 aromatic carbocycles. The molecule has 2 heterocycles. The van der Waals surface area contributed by atoms with Crippen molar-refractivity contribution in [3.05, 3.63) is 18.2 Å². The molecular formula is C13H21N3O2S. The van der Waals surface area contributed by atoms with Crippen LogP contribution in [0, 0.1) is 0 Å². The first kappa shape index (κ1) is 13.1. The third-order valence-electron chi connectivity index (χ3n) is 4.39. The van der Waals surface area contributed by atoms with E-state index in [1.165, 1.54) is 6.42 Å². The Morgan fingerprint density at radius 3 is 2.68 bits per heavy atom. The van der Waals surface area contributed by atoms with Gasteiger partial charge in [-0.2, -0.15) is 0 Å². The number of H-pyrrole nitrogens is 1. The number of aromatic amines is 1. The maximum atomic E-state index is 12.6. The summed E-state index contributed by atoms with van der Waals surface area (Å²) in [5.41, 5.74) is 0. The number of aromatic nitrogens is 2. The van der Waals surface area contributed by atoms with Gasteiger partial charge in [0.05, 0.1) is 5.25 Å². The van der Waals surface area contributed by atoms with E-state index < -0.39 is 10.0 Å². The summed E-state index contributed by atoms with van der Waals surface area (Å²) in [7, 11) is -3.09. The van der Waals surface area contributed by atoms with Crippen LogP contribution < -0.4 is 0 Å². The first-order valence-corrected chi connectivity index (χ1v) is 8.66. The van der Waals surface area contributed by atoms with Crippen LogP contribution in [0.5, 0.6) is 0 Å². The van der Waals surface area contributed by atoms with E-state index in [1.54, 1.807) is 16.7 Å². The second kappa shape index (κ2) is 5.25. The molecule has 3 rings (SSSR count). The lowest BCUT2D eigenvalue weighted by atomic mass is 10.0. The Hall–Kier alpha value is -0.880. The van der Waals surface area contributed by atoms with Crippen molar-refractivity contribution in [3.8, 4) is 0 Å². The van der Waals surface area contributed by atoms with Gasteiger partial charge < -0.3 is 4.98 Å². The standard InChI is InChI=1S/C13H21N3O2S/c17-19(18,12-4-2-1-3-5-12)16-9-6-11(10-16)13-14-7-8-15-13/h7-8,11-12H,1-6,9-10H2,(H,14,15). The fraction of sp³-hybridized carbons (Fsp3) is 0.769. The van der Waals surface area contributed by atoms with Gasteiger partial charge in [0.25, 0.3) is 0 Å². The molecule has 0 bridgehead atoms. The van der Waals surface area contributed by atoms with Crippen LogP contribution in [-0.4, -0.2) is 41.0 Å². The van der Waals surface area contributed by atoms with Crippen LogP contribution in [0.4, 0.5) is 0 Å². The molecular weight excluding hydrogens is 262 g/mol. The Labute approximate surface area is 114 Å². The van der Waals surface area contributed by atoms with Crippen LogP contribution in [0.2, 0.25) is 0 Å². The van der Waals surface area contributed by atoms with Crippen molar-refractivity contribution in [1.82, 2.24) is 14.3 Å². The lowest BCUT2D eigenvalue weighted by molar-refractivity contribution is 0.426. The zero-order chi connectivity index (χ0) is 13.3. The van der Waals surface area contributed by atoms with Gasteiger partial charge in [0.1, 0.15) is 5.82 Å². The van der Waals surface area contributed by atoms with Crippen LogP contribution >= 0.6 is 0 Å². The van der Waals surface area contributed by atoms with Crippen LogP contribution in [-0.2, 0) is 10.0 Å². The number of rotatable bonds is 3. The van der Waals surface area contributed by atoms with E-state index in [0.717, 1.165) is 37.9 Å². The predicted molar refractivity (Wildman–Crippen MR) is 73.3 cm³/mol. The highest BCUT2D eigenvalue weighted by atomic mass is 32.2. The summed E-state index contributed by atoms with van der Waals surface area (Å²) >= 11 is 0. The maximum Gasteiger partial charge on any atom is 0.217 e. The molecule has 1 saturated heterocycles. The summed E-state index contributed by atoms with van der Waals surface area (Å²) < 4.78 is 26.9. The molecule has 6 heteroatoms. The van der Waals surface area contributed by atoms with Crippen LogP contribution in [0.3, 0.4) is 0 Å². The largest absolute Gasteiger partial charge is 0.348 e. The number of hydrogen-bond donors (Lipinski definition) is 1. The summed E-state index contributed by atoms with van der Waals surface area (Å²) in [6.07, 6.45) is 9.37. The summed E-state index contributed by atoms with van der Waals surface area (Å²) in [6.45, 7) is 1.23. The zero-order valence-corrected chi connectivity index (χ0v) is 11.9. The van der Waals surface area contributed by atoms with E-state index in [2.05, 4.69) is 9.97 Å². The molecule has 106 valence electrons. The molecule has 1 atom stereocenters. The van der Waals surface area contributed by atoms with E-state index in [-0.39, 0.29) is 11.2 Å². The monoisotopic (exact) mass is 283 g/mol. The molecule has 0 spiro atoms. The quantitative estimate of drug-likeness (QED) is 0.920. The highest BCUT2D eigenvalue weighted by Crippen LogP contribution is 2.32. The molecule has 1 aliphatic heterocycles. The lowest BCUT2D eigenvalue weighted by Crippen LogP contribution is -2.38. The van der Waals surface area contributed by atoms with Crippen molar-refractivity contribution in [3.63, 3.8) is 0 Å². The van der Waals surface area contributed by atoms with E-state index in [1.807, 2.05) is 0 Å². The zero-order valence-electron chi connectivity index (χ0n) is 11.1. The topological polar surface area (TPSA) is 66.1 Å². The molecule has 5 nitrogen and oxygen atoms in total. The predicted octanol–water partition coefficient (Wildman–Crippen LogP) is 1.86. The van der Waals surface area contributed by atoms with E-state index in [0.29, 0.717) is 13.1 Å². The number of imidazole rings is 1. The molecule has 1 N–H and O–H groups in total. The average Bonchev–Trinajstić information content (AvgIpc) is 3.10. The van der Waals surface area contributed by atoms with Crippen molar-refractivity contribution < 1.29 is 8.42 Å². The summed E-state index contributed by atoms with van der Waals surface area (Å²) in [5, 5.41) is -0.142. The SMILES string of the molecule is O=S(=O)(C1CCCCC1)N1CCC(c2ncc[nH]2)C1. The minimum Gasteiger partial charge on any atom is -0.348 e. The Balaban J connectivity index is 1.69. The minimum atomic E-state index is -3.09. The summed E-state index contributed by atoms with van der Waals surface area (Å²) in [4.78, 5) is 7.35. The lowest BCUT2D eigenvalue weighted by Gasteiger charge is -2.26. The van der Waals surface area contributed by atoms with Gasteiger partial charge in [0, 0.05) is 31.4 Å². The van der Waals surface area contributed by atoms with E-state index >= 15 is 0 Å². The van der Waals surface area contributed by atoms with Gasteiger partial charge in [-0.25, -0.2) is 17.7 Å². The number of hydrogen-bond acceptors (Lipinski definition) is 3. The average molecular weight is 283 g/mol. The van der Waals surface area contributed by atoms with Gasteiger partial charge in [-0.3, -0.25) is 0 Å². The normalized spacial score (nSPS) is 26.8. The molecule has 1 saturated carbocycles. The summed E-state index contributed by atoms with van der Waals surface area (Å²) in [5.74, 6) is 1.15. The highest BCUT2D eigenvalue weighted by Gasteiger charge is 2.38. The van der Waals surface area contributed by atoms with Gasteiger partial charge in [-0.05, 0) is 19.3 Å². The minimum absolute atomic E-state index is 0.142. The third-order valence-corrected chi connectivity index (χ3v) is 6.76. The van der Waals surface area contributed by atoms with Gasteiger partial charge >= 0.3 is 0 Å². The molecule has 1 unspecified atom stereocenters. The van der Waals surface area contributed by atoms with Crippen LogP contribution in [0.25, 0.3) is 0 Å². The number of nitrogens with one attached hydrogen (secondary N) is 1. The Bertz CT molecular complexity index is 506. The van der Waals surface area contributed by atoms with Gasteiger partial charge in [-0.1, -0.05) is 19.3 Å². The maximum absolute atomic E-state index is 12.6. The number of nitrogens with zero attached hydrogens (tertiary/aromatic N) is 2. The summed E-state index contributed by atoms with van der Waals surface area (Å²) in [6, 6.07) is 0. The first-order valence-electron chi connectivity index (χ1n) is 7.16. The van der Waals surface area contributed by atoms with Crippen molar-refractivity contribution in [1.29, 1.82) is 0 Å².